The Morgan fingerprint density at radius 3 is 2.89 bits per heavy atom. The van der Waals surface area contributed by atoms with Crippen molar-refractivity contribution in [1.29, 1.82) is 0 Å². The molecule has 0 bridgehead atoms. The summed E-state index contributed by atoms with van der Waals surface area (Å²) < 4.78 is 0. The minimum Gasteiger partial charge on any atom is -0.393 e. The summed E-state index contributed by atoms with van der Waals surface area (Å²) in [7, 11) is 0. The first-order chi connectivity index (χ1) is 9.08. The van der Waals surface area contributed by atoms with E-state index in [1.807, 2.05) is 0 Å². The lowest BCUT2D eigenvalue weighted by Crippen LogP contribution is -2.36. The Labute approximate surface area is 122 Å². The molecule has 0 aliphatic heterocycles. The normalized spacial score (nSPS) is 23.1. The van der Waals surface area contributed by atoms with Crippen molar-refractivity contribution in [2.24, 2.45) is 5.92 Å². The van der Waals surface area contributed by atoms with Gasteiger partial charge in [0.1, 0.15) is 5.15 Å². The van der Waals surface area contributed by atoms with Crippen LogP contribution in [0.2, 0.25) is 10.2 Å². The van der Waals surface area contributed by atoms with Crippen LogP contribution in [0.5, 0.6) is 0 Å². The molecule has 1 aliphatic rings. The van der Waals surface area contributed by atoms with Gasteiger partial charge in [-0.1, -0.05) is 36.0 Å². The molecule has 1 aromatic heterocycles. The second-order valence-electron chi connectivity index (χ2n) is 4.81. The number of aliphatic hydroxyl groups is 1. The molecule has 1 amide bonds. The first-order valence-corrected chi connectivity index (χ1v) is 7.11. The molecule has 0 saturated heterocycles. The number of aliphatic hydroxyl groups excluding tert-OH is 1. The zero-order chi connectivity index (χ0) is 13.8. The van der Waals surface area contributed by atoms with Crippen LogP contribution in [-0.2, 0) is 0 Å². The second kappa shape index (κ2) is 6.55. The lowest BCUT2D eigenvalue weighted by atomic mass is 9.86. The van der Waals surface area contributed by atoms with Gasteiger partial charge in [0.15, 0.2) is 0 Å². The summed E-state index contributed by atoms with van der Waals surface area (Å²) in [5, 5.41) is 13.1. The Balaban J connectivity index is 1.95. The molecule has 0 aromatic carbocycles. The highest BCUT2D eigenvalue weighted by molar-refractivity contribution is 6.35. The molecular weight excluding hydrogens is 287 g/mol. The lowest BCUT2D eigenvalue weighted by molar-refractivity contribution is 0.0663. The smallest absolute Gasteiger partial charge is 0.252 e. The predicted octanol–water partition coefficient (Wildman–Crippen LogP) is 2.67. The van der Waals surface area contributed by atoms with Gasteiger partial charge in [-0.2, -0.15) is 0 Å². The number of rotatable bonds is 3. The number of carbonyl (C=O) groups excluding carboxylic acids is 1. The van der Waals surface area contributed by atoms with E-state index in [4.69, 9.17) is 23.2 Å². The fourth-order valence-corrected chi connectivity index (χ4v) is 2.68. The van der Waals surface area contributed by atoms with E-state index in [1.54, 1.807) is 0 Å². The lowest BCUT2D eigenvalue weighted by Gasteiger charge is -2.27. The monoisotopic (exact) mass is 302 g/mol. The molecule has 1 aromatic rings. The average molecular weight is 303 g/mol. The molecule has 1 fully saturated rings. The van der Waals surface area contributed by atoms with Crippen molar-refractivity contribution in [1.82, 2.24) is 10.3 Å². The fourth-order valence-electron chi connectivity index (χ4n) is 2.33. The van der Waals surface area contributed by atoms with Gasteiger partial charge in [0.25, 0.3) is 5.91 Å². The molecule has 0 spiro atoms. The van der Waals surface area contributed by atoms with Gasteiger partial charge in [0, 0.05) is 18.7 Å². The Kier molecular flexibility index (Phi) is 5.02. The molecule has 2 atom stereocenters. The number of carbonyl (C=O) groups is 1. The highest BCUT2D eigenvalue weighted by atomic mass is 35.5. The second-order valence-corrected chi connectivity index (χ2v) is 5.60. The standard InChI is InChI=1S/C13H16Cl2N2O2/c14-10-7-16-12(15)5-9(10)13(19)17-6-8-3-1-2-4-11(8)18/h5,7-8,11,18H,1-4,6H2,(H,17,19). The number of hydrogen-bond acceptors (Lipinski definition) is 3. The maximum atomic E-state index is 12.0. The van der Waals surface area contributed by atoms with Crippen LogP contribution in [0, 0.1) is 5.92 Å². The van der Waals surface area contributed by atoms with Crippen LogP contribution < -0.4 is 5.32 Å². The maximum absolute atomic E-state index is 12.0. The van der Waals surface area contributed by atoms with Crippen LogP contribution in [0.3, 0.4) is 0 Å². The molecule has 0 radical (unpaired) electrons. The number of pyridine rings is 1. The number of hydrogen-bond donors (Lipinski definition) is 2. The van der Waals surface area contributed by atoms with Gasteiger partial charge >= 0.3 is 0 Å². The zero-order valence-electron chi connectivity index (χ0n) is 10.4. The van der Waals surface area contributed by atoms with Crippen molar-refractivity contribution in [3.63, 3.8) is 0 Å². The molecule has 1 saturated carbocycles. The molecule has 104 valence electrons. The van der Waals surface area contributed by atoms with Crippen molar-refractivity contribution in [3.8, 4) is 0 Å². The van der Waals surface area contributed by atoms with E-state index in [2.05, 4.69) is 10.3 Å². The Bertz CT molecular complexity index is 468. The minimum absolute atomic E-state index is 0.119. The van der Waals surface area contributed by atoms with Gasteiger partial charge in [-0.3, -0.25) is 4.79 Å². The van der Waals surface area contributed by atoms with Crippen molar-refractivity contribution >= 4 is 29.1 Å². The Hall–Kier alpha value is -0.840. The van der Waals surface area contributed by atoms with Crippen molar-refractivity contribution < 1.29 is 9.90 Å². The van der Waals surface area contributed by atoms with Crippen molar-refractivity contribution in [2.75, 3.05) is 6.54 Å². The van der Waals surface area contributed by atoms with Crippen LogP contribution in [0.25, 0.3) is 0 Å². The molecular formula is C13H16Cl2N2O2. The molecule has 4 nitrogen and oxygen atoms in total. The highest BCUT2D eigenvalue weighted by Crippen LogP contribution is 2.24. The Morgan fingerprint density at radius 1 is 1.42 bits per heavy atom. The van der Waals surface area contributed by atoms with Crippen LogP contribution in [0.1, 0.15) is 36.0 Å². The van der Waals surface area contributed by atoms with Crippen molar-refractivity contribution in [2.45, 2.75) is 31.8 Å². The van der Waals surface area contributed by atoms with Crippen LogP contribution in [-0.4, -0.2) is 28.6 Å². The van der Waals surface area contributed by atoms with Gasteiger partial charge < -0.3 is 10.4 Å². The molecule has 19 heavy (non-hydrogen) atoms. The highest BCUT2D eigenvalue weighted by Gasteiger charge is 2.23. The number of halogens is 2. The molecule has 6 heteroatoms. The van der Waals surface area contributed by atoms with E-state index >= 15 is 0 Å². The van der Waals surface area contributed by atoms with Crippen LogP contribution in [0.4, 0.5) is 0 Å². The SMILES string of the molecule is O=C(NCC1CCCCC1O)c1cc(Cl)ncc1Cl. The summed E-state index contributed by atoms with van der Waals surface area (Å²) in [5.41, 5.74) is 0.312. The number of nitrogens with one attached hydrogen (secondary N) is 1. The third kappa shape index (κ3) is 3.81. The summed E-state index contributed by atoms with van der Waals surface area (Å²) in [6.45, 7) is 0.455. The molecule has 2 rings (SSSR count). The molecule has 1 heterocycles. The van der Waals surface area contributed by atoms with Gasteiger partial charge in [0.2, 0.25) is 0 Å². The van der Waals surface area contributed by atoms with E-state index < -0.39 is 0 Å². The quantitative estimate of drug-likeness (QED) is 0.844. The maximum Gasteiger partial charge on any atom is 0.252 e. The predicted molar refractivity (Wildman–Crippen MR) is 74.6 cm³/mol. The summed E-state index contributed by atoms with van der Waals surface area (Å²) in [6.07, 6.45) is 4.92. The van der Waals surface area contributed by atoms with Crippen LogP contribution >= 0.6 is 23.2 Å². The van der Waals surface area contributed by atoms with E-state index in [9.17, 15) is 9.90 Å². The zero-order valence-corrected chi connectivity index (χ0v) is 11.9. The molecule has 1 aliphatic carbocycles. The third-order valence-corrected chi connectivity index (χ3v) is 3.97. The first kappa shape index (κ1) is 14.6. The van der Waals surface area contributed by atoms with E-state index in [-0.39, 0.29) is 28.1 Å². The van der Waals surface area contributed by atoms with Crippen molar-refractivity contribution in [3.05, 3.63) is 28.0 Å². The van der Waals surface area contributed by atoms with Gasteiger partial charge in [-0.25, -0.2) is 4.98 Å². The minimum atomic E-state index is -0.328. The average Bonchev–Trinajstić information content (AvgIpc) is 2.40. The fraction of sp³-hybridized carbons (Fsp3) is 0.538. The summed E-state index contributed by atoms with van der Waals surface area (Å²) in [4.78, 5) is 15.8. The molecule has 2 unspecified atom stereocenters. The number of amides is 1. The van der Waals surface area contributed by atoms with Gasteiger partial charge in [-0.05, 0) is 18.9 Å². The van der Waals surface area contributed by atoms with E-state index in [0.29, 0.717) is 12.1 Å². The summed E-state index contributed by atoms with van der Waals surface area (Å²) in [5.74, 6) is -0.166. The summed E-state index contributed by atoms with van der Waals surface area (Å²) in [6, 6.07) is 1.44. The topological polar surface area (TPSA) is 62.2 Å². The summed E-state index contributed by atoms with van der Waals surface area (Å²) >= 11 is 11.7. The largest absolute Gasteiger partial charge is 0.393 e. The van der Waals surface area contributed by atoms with Crippen LogP contribution in [0.15, 0.2) is 12.3 Å². The van der Waals surface area contributed by atoms with E-state index in [0.717, 1.165) is 25.7 Å². The third-order valence-electron chi connectivity index (χ3n) is 3.46. The van der Waals surface area contributed by atoms with E-state index in [1.165, 1.54) is 12.3 Å². The first-order valence-electron chi connectivity index (χ1n) is 6.35. The number of aromatic nitrogens is 1. The molecule has 2 N–H and O–H groups in total. The van der Waals surface area contributed by atoms with Gasteiger partial charge in [-0.15, -0.1) is 0 Å². The Morgan fingerprint density at radius 2 is 2.16 bits per heavy atom. The van der Waals surface area contributed by atoms with Gasteiger partial charge in [0.05, 0.1) is 16.7 Å². The number of nitrogens with zero attached hydrogens (tertiary/aromatic N) is 1.